The lowest BCUT2D eigenvalue weighted by molar-refractivity contribution is -0.379. The number of rotatable bonds is 61. The molecule has 19 nitrogen and oxygen atoms in total. The van der Waals surface area contributed by atoms with Gasteiger partial charge in [-0.15, -0.1) is 0 Å². The van der Waals surface area contributed by atoms with E-state index in [0.29, 0.717) is 12.8 Å². The number of aliphatic hydroxyl groups is 11. The number of carbonyl (C=O) groups excluding carboxylic acids is 1. The Bertz CT molecular complexity index is 1800. The van der Waals surface area contributed by atoms with Crippen LogP contribution >= 0.6 is 0 Å². The average molecular weight is 1340 g/mol. The largest absolute Gasteiger partial charge is 0.394 e. The van der Waals surface area contributed by atoms with E-state index in [0.717, 1.165) is 70.6 Å². The molecule has 0 saturated carbocycles. The molecule has 554 valence electrons. The topological polar surface area (TPSA) is 307 Å². The van der Waals surface area contributed by atoms with Crippen LogP contribution in [-0.4, -0.2) is 193 Å². The molecule has 0 spiro atoms. The molecule has 19 heteroatoms. The van der Waals surface area contributed by atoms with Gasteiger partial charge in [0.15, 0.2) is 18.9 Å². The average Bonchev–Trinajstić information content (AvgIpc) is 0.787. The van der Waals surface area contributed by atoms with E-state index >= 15 is 0 Å². The van der Waals surface area contributed by atoms with Gasteiger partial charge in [-0.25, -0.2) is 0 Å². The number of amides is 1. The van der Waals surface area contributed by atoms with Gasteiger partial charge in [0.05, 0.1) is 38.6 Å². The van der Waals surface area contributed by atoms with Gasteiger partial charge in [-0.05, 0) is 44.9 Å². The van der Waals surface area contributed by atoms with E-state index in [1.54, 1.807) is 0 Å². The molecule has 3 saturated heterocycles. The molecule has 0 aromatic heterocycles. The maximum atomic E-state index is 13.4. The van der Waals surface area contributed by atoms with Crippen LogP contribution in [0.3, 0.4) is 0 Å². The smallest absolute Gasteiger partial charge is 0.220 e. The van der Waals surface area contributed by atoms with Crippen molar-refractivity contribution in [3.63, 3.8) is 0 Å². The number of carbonyl (C=O) groups is 1. The van der Waals surface area contributed by atoms with Crippen molar-refractivity contribution < 1.29 is 89.4 Å². The van der Waals surface area contributed by atoms with Gasteiger partial charge in [0.25, 0.3) is 0 Å². The highest BCUT2D eigenvalue weighted by molar-refractivity contribution is 5.76. The minimum atomic E-state index is -1.97. The summed E-state index contributed by atoms with van der Waals surface area (Å²) in [5.74, 6) is -0.247. The standard InChI is InChI=1S/C75H141NO18/c1-3-5-7-9-11-13-15-17-19-21-23-24-25-26-27-28-29-30-31-32-33-34-35-36-38-40-42-44-46-48-50-52-59(80)58(76-63(81)53-51-49-47-45-43-41-39-37-22-20-18-16-14-12-10-8-6-4-2)57-89-73-69(87)66(84)71(61(55-78)91-73)94-75-70(88)67(85)72(62(56-79)92-75)93-74-68(86)65(83)64(82)60(54-77)90-74/h14,16,20,22,58-62,64-75,77-80,82-88H,3-13,15,17-19,21,23-57H2,1-2H3,(H,76,81)/b16-14-,22-20-. The Hall–Kier alpha value is -1.73. The zero-order valence-electron chi connectivity index (χ0n) is 59.0. The molecular formula is C75H141NO18. The first kappa shape index (κ1) is 86.5. The lowest BCUT2D eigenvalue weighted by Crippen LogP contribution is -2.66. The Morgan fingerprint density at radius 2 is 0.702 bits per heavy atom. The molecule has 3 aliphatic rings. The first-order chi connectivity index (χ1) is 45.8. The summed E-state index contributed by atoms with van der Waals surface area (Å²) in [6.45, 7) is 1.82. The van der Waals surface area contributed by atoms with Crippen LogP contribution in [-0.2, 0) is 33.2 Å². The third-order valence-electron chi connectivity index (χ3n) is 19.5. The minimum absolute atomic E-state index is 0.247. The van der Waals surface area contributed by atoms with E-state index in [4.69, 9.17) is 28.4 Å². The first-order valence-corrected chi connectivity index (χ1v) is 38.6. The zero-order chi connectivity index (χ0) is 68.2. The van der Waals surface area contributed by atoms with Crippen LogP contribution in [0, 0.1) is 0 Å². The van der Waals surface area contributed by atoms with Crippen LogP contribution in [0.2, 0.25) is 0 Å². The highest BCUT2D eigenvalue weighted by atomic mass is 16.8. The van der Waals surface area contributed by atoms with Crippen molar-refractivity contribution in [3.05, 3.63) is 24.3 Å². The Kier molecular flexibility index (Phi) is 52.4. The lowest BCUT2D eigenvalue weighted by atomic mass is 9.96. The van der Waals surface area contributed by atoms with Crippen LogP contribution in [0.15, 0.2) is 24.3 Å². The van der Waals surface area contributed by atoms with E-state index in [1.807, 2.05) is 0 Å². The summed E-state index contributed by atoms with van der Waals surface area (Å²) in [4.78, 5) is 13.4. The van der Waals surface area contributed by atoms with E-state index in [9.17, 15) is 61.0 Å². The molecule has 0 aliphatic carbocycles. The number of unbranched alkanes of at least 4 members (excludes halogenated alkanes) is 41. The number of allylic oxidation sites excluding steroid dienone is 4. The number of hydrogen-bond acceptors (Lipinski definition) is 18. The predicted molar refractivity (Wildman–Crippen MR) is 370 cm³/mol. The quantitative estimate of drug-likeness (QED) is 0.0199. The van der Waals surface area contributed by atoms with Gasteiger partial charge < -0.3 is 89.9 Å². The van der Waals surface area contributed by atoms with Crippen molar-refractivity contribution >= 4 is 5.91 Å². The number of aliphatic hydroxyl groups excluding tert-OH is 11. The van der Waals surface area contributed by atoms with E-state index in [1.165, 1.54) is 212 Å². The Balaban J connectivity index is 1.37. The highest BCUT2D eigenvalue weighted by Gasteiger charge is 2.53. The summed E-state index contributed by atoms with van der Waals surface area (Å²) in [6.07, 6.45) is 39.8. The fourth-order valence-corrected chi connectivity index (χ4v) is 13.3. The van der Waals surface area contributed by atoms with E-state index < -0.39 is 124 Å². The lowest BCUT2D eigenvalue weighted by Gasteiger charge is -2.48. The van der Waals surface area contributed by atoms with Crippen LogP contribution < -0.4 is 5.32 Å². The molecule has 0 aromatic rings. The second-order valence-corrected chi connectivity index (χ2v) is 27.8. The number of hydrogen-bond donors (Lipinski definition) is 12. The van der Waals surface area contributed by atoms with Gasteiger partial charge in [0.1, 0.15) is 73.2 Å². The van der Waals surface area contributed by atoms with Crippen LogP contribution in [0.1, 0.15) is 316 Å². The van der Waals surface area contributed by atoms with Crippen molar-refractivity contribution in [2.45, 2.75) is 420 Å². The second-order valence-electron chi connectivity index (χ2n) is 27.8. The molecule has 3 rings (SSSR count). The molecule has 94 heavy (non-hydrogen) atoms. The third kappa shape index (κ3) is 37.6. The number of ether oxygens (including phenoxy) is 6. The summed E-state index contributed by atoms with van der Waals surface area (Å²) >= 11 is 0. The molecule has 17 atom stereocenters. The van der Waals surface area contributed by atoms with E-state index in [2.05, 4.69) is 43.5 Å². The Morgan fingerprint density at radius 3 is 1.10 bits per heavy atom. The fraction of sp³-hybridized carbons (Fsp3) is 0.933. The fourth-order valence-electron chi connectivity index (χ4n) is 13.3. The molecule has 0 radical (unpaired) electrons. The summed E-state index contributed by atoms with van der Waals surface area (Å²) in [5, 5.41) is 121. The van der Waals surface area contributed by atoms with Gasteiger partial charge in [-0.3, -0.25) is 4.79 Å². The molecule has 0 aromatic carbocycles. The number of nitrogens with one attached hydrogen (secondary N) is 1. The van der Waals surface area contributed by atoms with Crippen LogP contribution in [0.25, 0.3) is 0 Å². The van der Waals surface area contributed by atoms with Crippen LogP contribution in [0.5, 0.6) is 0 Å². The van der Waals surface area contributed by atoms with Gasteiger partial charge in [-0.2, -0.15) is 0 Å². The molecule has 3 heterocycles. The first-order valence-electron chi connectivity index (χ1n) is 38.6. The zero-order valence-corrected chi connectivity index (χ0v) is 59.0. The Labute approximate surface area is 568 Å². The summed E-state index contributed by atoms with van der Waals surface area (Å²) < 4.78 is 34.5. The van der Waals surface area contributed by atoms with Crippen molar-refractivity contribution in [1.82, 2.24) is 5.32 Å². The van der Waals surface area contributed by atoms with Gasteiger partial charge in [-0.1, -0.05) is 289 Å². The maximum Gasteiger partial charge on any atom is 0.220 e. The van der Waals surface area contributed by atoms with Gasteiger partial charge in [0.2, 0.25) is 5.91 Å². The van der Waals surface area contributed by atoms with Crippen molar-refractivity contribution in [3.8, 4) is 0 Å². The molecule has 3 aliphatic heterocycles. The van der Waals surface area contributed by atoms with Crippen molar-refractivity contribution in [2.24, 2.45) is 0 Å². The molecule has 3 fully saturated rings. The SMILES string of the molecule is CCCCCC/C=C\C/C=C\CCCCCCCCCC(=O)NC(COC1OC(CO)C(OC2OC(CO)C(OC3OC(CO)C(O)C(O)C3O)C(O)C2O)C(O)C1O)C(O)CCCCCCCCCCCCCCCCCCCCCCCCCCCCCCCCC. The van der Waals surface area contributed by atoms with Gasteiger partial charge in [0, 0.05) is 6.42 Å². The minimum Gasteiger partial charge on any atom is -0.394 e. The normalized spacial score (nSPS) is 27.4. The molecule has 17 unspecified atom stereocenters. The summed E-state index contributed by atoms with van der Waals surface area (Å²) in [5.41, 5.74) is 0. The third-order valence-corrected chi connectivity index (χ3v) is 19.5. The second kappa shape index (κ2) is 57.0. The maximum absolute atomic E-state index is 13.4. The Morgan fingerprint density at radius 1 is 0.383 bits per heavy atom. The summed E-state index contributed by atoms with van der Waals surface area (Å²) in [7, 11) is 0. The molecular weight excluding hydrogens is 1200 g/mol. The van der Waals surface area contributed by atoms with Crippen molar-refractivity contribution in [1.29, 1.82) is 0 Å². The van der Waals surface area contributed by atoms with E-state index in [-0.39, 0.29) is 18.9 Å². The molecule has 12 N–H and O–H groups in total. The highest BCUT2D eigenvalue weighted by Crippen LogP contribution is 2.33. The predicted octanol–water partition coefficient (Wildman–Crippen LogP) is 11.8. The summed E-state index contributed by atoms with van der Waals surface area (Å²) in [6, 6.07) is -0.892. The molecule has 0 bridgehead atoms. The monoisotopic (exact) mass is 1340 g/mol. The molecule has 1 amide bonds. The van der Waals surface area contributed by atoms with Gasteiger partial charge >= 0.3 is 0 Å². The van der Waals surface area contributed by atoms with Crippen LogP contribution in [0.4, 0.5) is 0 Å². The van der Waals surface area contributed by atoms with Crippen molar-refractivity contribution in [2.75, 3.05) is 26.4 Å².